The van der Waals surface area contributed by atoms with Crippen molar-refractivity contribution in [3.05, 3.63) is 54.1 Å². The van der Waals surface area contributed by atoms with E-state index in [9.17, 15) is 18.3 Å². The molecule has 1 unspecified atom stereocenters. The molecular weight excluding hydrogens is 354 g/mol. The molecule has 0 aliphatic heterocycles. The highest BCUT2D eigenvalue weighted by atomic mass is 32.2. The fourth-order valence-corrected chi connectivity index (χ4v) is 3.60. The smallest absolute Gasteiger partial charge is 0.241 e. The van der Waals surface area contributed by atoms with Crippen LogP contribution < -0.4 is 14.6 Å². The molecule has 0 heterocycles. The largest absolute Gasteiger partial charge is 0.548 e. The number of nitrogens with one attached hydrogen (secondary N) is 1. The van der Waals surface area contributed by atoms with Crippen LogP contribution in [0.25, 0.3) is 0 Å². The van der Waals surface area contributed by atoms with Gasteiger partial charge in [0.1, 0.15) is 11.5 Å². The summed E-state index contributed by atoms with van der Waals surface area (Å²) in [6.07, 6.45) is 0.149. The van der Waals surface area contributed by atoms with Crippen molar-refractivity contribution in [2.45, 2.75) is 38.1 Å². The fraction of sp³-hybridized carbons (Fsp3) is 0.316. The van der Waals surface area contributed by atoms with Crippen LogP contribution in [-0.4, -0.2) is 20.4 Å². The second kappa shape index (κ2) is 8.33. The number of para-hydroxylation sites is 1. The van der Waals surface area contributed by atoms with Crippen molar-refractivity contribution in [3.8, 4) is 11.5 Å². The normalized spacial score (nSPS) is 12.8. The Balaban J connectivity index is 2.15. The number of hydrogen-bond donors (Lipinski definition) is 1. The zero-order valence-corrected chi connectivity index (χ0v) is 15.7. The summed E-state index contributed by atoms with van der Waals surface area (Å²) in [5, 5.41) is 11.2. The Kier molecular flexibility index (Phi) is 6.39. The minimum Gasteiger partial charge on any atom is -0.548 e. The molecule has 0 aliphatic carbocycles. The van der Waals surface area contributed by atoms with Crippen LogP contribution in [0.1, 0.15) is 25.8 Å². The molecule has 0 radical (unpaired) electrons. The van der Waals surface area contributed by atoms with E-state index in [2.05, 4.69) is 4.72 Å². The SMILES string of the molecule is Cc1ccccc1Oc1ccc(S(=O)(=O)NC(CC(C)C)C(=O)[O-])cc1. The monoisotopic (exact) mass is 376 g/mol. The molecule has 0 saturated carbocycles. The first-order valence-corrected chi connectivity index (χ1v) is 9.74. The third kappa shape index (κ3) is 5.31. The van der Waals surface area contributed by atoms with E-state index in [-0.39, 0.29) is 17.2 Å². The van der Waals surface area contributed by atoms with Gasteiger partial charge in [0, 0.05) is 0 Å². The van der Waals surface area contributed by atoms with Crippen LogP contribution in [0.2, 0.25) is 0 Å². The number of hydrogen-bond acceptors (Lipinski definition) is 5. The third-order valence-electron chi connectivity index (χ3n) is 3.74. The summed E-state index contributed by atoms with van der Waals surface area (Å²) >= 11 is 0. The van der Waals surface area contributed by atoms with Gasteiger partial charge >= 0.3 is 0 Å². The summed E-state index contributed by atoms with van der Waals surface area (Å²) in [7, 11) is -3.97. The average Bonchev–Trinajstić information content (AvgIpc) is 2.56. The summed E-state index contributed by atoms with van der Waals surface area (Å²) in [6, 6.07) is 12.0. The first-order valence-electron chi connectivity index (χ1n) is 8.26. The number of carbonyl (C=O) groups is 1. The van der Waals surface area contributed by atoms with E-state index in [4.69, 9.17) is 4.74 Å². The molecule has 0 aliphatic rings. The molecular formula is C19H22NO5S-. The second-order valence-corrected chi connectivity index (χ2v) is 8.18. The van der Waals surface area contributed by atoms with E-state index in [0.717, 1.165) is 5.56 Å². The minimum absolute atomic E-state index is 0.00508. The van der Waals surface area contributed by atoms with E-state index in [1.165, 1.54) is 24.3 Å². The number of rotatable bonds is 8. The molecule has 6 nitrogen and oxygen atoms in total. The Morgan fingerprint density at radius 2 is 1.73 bits per heavy atom. The van der Waals surface area contributed by atoms with Gasteiger partial charge in [-0.15, -0.1) is 0 Å². The molecule has 140 valence electrons. The van der Waals surface area contributed by atoms with Gasteiger partial charge in [0.25, 0.3) is 0 Å². The van der Waals surface area contributed by atoms with Crippen molar-refractivity contribution in [2.75, 3.05) is 0 Å². The van der Waals surface area contributed by atoms with Crippen molar-refractivity contribution in [1.82, 2.24) is 4.72 Å². The zero-order valence-electron chi connectivity index (χ0n) is 14.9. The lowest BCUT2D eigenvalue weighted by Crippen LogP contribution is -2.48. The second-order valence-electron chi connectivity index (χ2n) is 6.46. The Bertz CT molecular complexity index is 860. The van der Waals surface area contributed by atoms with Gasteiger partial charge in [-0.2, -0.15) is 0 Å². The minimum atomic E-state index is -3.97. The number of benzene rings is 2. The first kappa shape index (κ1) is 19.9. The average molecular weight is 376 g/mol. The van der Waals surface area contributed by atoms with E-state index >= 15 is 0 Å². The van der Waals surface area contributed by atoms with Gasteiger partial charge in [0.15, 0.2) is 0 Å². The quantitative estimate of drug-likeness (QED) is 0.762. The predicted molar refractivity (Wildman–Crippen MR) is 96.3 cm³/mol. The molecule has 0 spiro atoms. The highest BCUT2D eigenvalue weighted by Crippen LogP contribution is 2.25. The number of aliphatic carboxylic acids is 1. The number of sulfonamides is 1. The Labute approximate surface area is 153 Å². The maximum atomic E-state index is 12.4. The van der Waals surface area contributed by atoms with E-state index in [1.807, 2.05) is 45.0 Å². The van der Waals surface area contributed by atoms with Crippen molar-refractivity contribution in [1.29, 1.82) is 0 Å². The maximum Gasteiger partial charge on any atom is 0.241 e. The number of carbonyl (C=O) groups excluding carboxylic acids is 1. The summed E-state index contributed by atoms with van der Waals surface area (Å²) in [5.74, 6) is -0.278. The number of aryl methyl sites for hydroxylation is 1. The van der Waals surface area contributed by atoms with E-state index in [1.54, 1.807) is 0 Å². The standard InChI is InChI=1S/C19H23NO5S/c1-13(2)12-17(19(21)22)20-26(23,24)16-10-8-15(9-11-16)25-18-7-5-4-6-14(18)3/h4-11,13,17,20H,12H2,1-3H3,(H,21,22)/p-1. The number of ether oxygens (including phenoxy) is 1. The van der Waals surface area contributed by atoms with Crippen LogP contribution in [0, 0.1) is 12.8 Å². The van der Waals surface area contributed by atoms with E-state index in [0.29, 0.717) is 11.5 Å². The zero-order chi connectivity index (χ0) is 19.3. The van der Waals surface area contributed by atoms with Crippen LogP contribution in [0.15, 0.2) is 53.4 Å². The number of carboxylic acid groups (broad SMARTS) is 1. The van der Waals surface area contributed by atoms with Crippen LogP contribution in [0.4, 0.5) is 0 Å². The molecule has 2 aromatic rings. The van der Waals surface area contributed by atoms with Gasteiger partial charge < -0.3 is 14.6 Å². The van der Waals surface area contributed by atoms with Gasteiger partial charge in [-0.05, 0) is 55.2 Å². The first-order chi connectivity index (χ1) is 12.2. The lowest BCUT2D eigenvalue weighted by molar-refractivity contribution is -0.308. The summed E-state index contributed by atoms with van der Waals surface area (Å²) in [4.78, 5) is 11.1. The maximum absolute atomic E-state index is 12.4. The summed E-state index contributed by atoms with van der Waals surface area (Å²) in [6.45, 7) is 5.52. The van der Waals surface area contributed by atoms with Crippen LogP contribution >= 0.6 is 0 Å². The molecule has 7 heteroatoms. The fourth-order valence-electron chi connectivity index (χ4n) is 2.40. The van der Waals surface area contributed by atoms with Crippen molar-refractivity contribution < 1.29 is 23.1 Å². The molecule has 0 amide bonds. The Hall–Kier alpha value is -2.38. The molecule has 1 atom stereocenters. The van der Waals surface area contributed by atoms with Crippen LogP contribution in [0.3, 0.4) is 0 Å². The summed E-state index contributed by atoms with van der Waals surface area (Å²) in [5.41, 5.74) is 0.955. The van der Waals surface area contributed by atoms with Crippen LogP contribution in [0.5, 0.6) is 11.5 Å². The van der Waals surface area contributed by atoms with Crippen molar-refractivity contribution in [2.24, 2.45) is 5.92 Å². The molecule has 0 aromatic heterocycles. The molecule has 2 aromatic carbocycles. The topological polar surface area (TPSA) is 95.5 Å². The highest BCUT2D eigenvalue weighted by Gasteiger charge is 2.22. The molecule has 0 fully saturated rings. The lowest BCUT2D eigenvalue weighted by atomic mass is 10.1. The molecule has 0 bridgehead atoms. The molecule has 2 rings (SSSR count). The summed E-state index contributed by atoms with van der Waals surface area (Å²) < 4.78 is 32.7. The van der Waals surface area contributed by atoms with Gasteiger partial charge in [0.2, 0.25) is 10.0 Å². The van der Waals surface area contributed by atoms with E-state index < -0.39 is 22.0 Å². The van der Waals surface area contributed by atoms with Crippen molar-refractivity contribution in [3.63, 3.8) is 0 Å². The van der Waals surface area contributed by atoms with Gasteiger partial charge in [0.05, 0.1) is 16.9 Å². The molecule has 26 heavy (non-hydrogen) atoms. The Morgan fingerprint density at radius 1 is 1.12 bits per heavy atom. The highest BCUT2D eigenvalue weighted by molar-refractivity contribution is 7.89. The Morgan fingerprint density at radius 3 is 2.27 bits per heavy atom. The van der Waals surface area contributed by atoms with Gasteiger partial charge in [-0.3, -0.25) is 0 Å². The molecule has 0 saturated heterocycles. The number of carboxylic acids is 1. The van der Waals surface area contributed by atoms with Gasteiger partial charge in [-0.25, -0.2) is 13.1 Å². The lowest BCUT2D eigenvalue weighted by Gasteiger charge is -2.21. The van der Waals surface area contributed by atoms with Crippen molar-refractivity contribution >= 4 is 16.0 Å². The molecule has 1 N–H and O–H groups in total. The third-order valence-corrected chi connectivity index (χ3v) is 5.23. The predicted octanol–water partition coefficient (Wildman–Crippen LogP) is 2.23. The van der Waals surface area contributed by atoms with Gasteiger partial charge in [-0.1, -0.05) is 32.0 Å². The van der Waals surface area contributed by atoms with Crippen LogP contribution in [-0.2, 0) is 14.8 Å².